The van der Waals surface area contributed by atoms with Gasteiger partial charge in [-0.15, -0.1) is 0 Å². The van der Waals surface area contributed by atoms with Gasteiger partial charge >= 0.3 is 0 Å². The highest BCUT2D eigenvalue weighted by atomic mass is 35.5. The third kappa shape index (κ3) is 5.28. The van der Waals surface area contributed by atoms with Crippen LogP contribution in [0, 0.1) is 11.3 Å². The van der Waals surface area contributed by atoms with E-state index >= 15 is 0 Å². The molecule has 200 valence electrons. The average Bonchev–Trinajstić information content (AvgIpc) is 3.40. The minimum Gasteiger partial charge on any atom is -0.497 e. The van der Waals surface area contributed by atoms with E-state index in [9.17, 15) is 5.26 Å². The average molecular weight is 548 g/mol. The maximum absolute atomic E-state index is 9.41. The van der Waals surface area contributed by atoms with Crippen LogP contribution in [0.1, 0.15) is 49.3 Å². The molecule has 1 aliphatic rings. The Morgan fingerprint density at radius 3 is 2.33 bits per heavy atom. The van der Waals surface area contributed by atoms with Crippen molar-refractivity contribution in [2.75, 3.05) is 7.11 Å². The van der Waals surface area contributed by atoms with Crippen molar-refractivity contribution < 1.29 is 9.47 Å². The number of halogens is 1. The molecule has 0 unspecified atom stereocenters. The van der Waals surface area contributed by atoms with Gasteiger partial charge in [-0.2, -0.15) is 5.26 Å². The van der Waals surface area contributed by atoms with Crippen molar-refractivity contribution in [3.63, 3.8) is 0 Å². The first-order valence-corrected chi connectivity index (χ1v) is 14.1. The number of hydrogen-bond acceptors (Lipinski definition) is 4. The Kier molecular flexibility index (Phi) is 7.44. The van der Waals surface area contributed by atoms with Gasteiger partial charge in [0, 0.05) is 22.2 Å². The van der Waals surface area contributed by atoms with Crippen LogP contribution in [-0.4, -0.2) is 16.7 Å². The summed E-state index contributed by atoms with van der Waals surface area (Å²) in [7, 11) is 1.67. The number of imidazole rings is 1. The Balaban J connectivity index is 1.28. The molecule has 5 nitrogen and oxygen atoms in total. The SMILES string of the molecule is COc1ccc(-c2ccc(Cl)cc2)c(COc2ccc(-c3nc4cc(C#N)ccc4n3C3CCCCC3)cc2)c1. The quantitative estimate of drug-likeness (QED) is 0.204. The molecule has 0 amide bonds. The zero-order chi connectivity index (χ0) is 27.5. The lowest BCUT2D eigenvalue weighted by atomic mass is 9.95. The molecular weight excluding hydrogens is 518 g/mol. The Morgan fingerprint density at radius 2 is 1.60 bits per heavy atom. The van der Waals surface area contributed by atoms with Gasteiger partial charge in [0.05, 0.1) is 29.8 Å². The van der Waals surface area contributed by atoms with E-state index in [0.29, 0.717) is 23.2 Å². The molecular formula is C34H30ClN3O2. The van der Waals surface area contributed by atoms with E-state index in [1.54, 1.807) is 7.11 Å². The molecule has 1 aliphatic carbocycles. The second kappa shape index (κ2) is 11.5. The summed E-state index contributed by atoms with van der Waals surface area (Å²) in [6.45, 7) is 0.395. The van der Waals surface area contributed by atoms with E-state index in [0.717, 1.165) is 63.5 Å². The predicted octanol–water partition coefficient (Wildman–Crippen LogP) is 8.99. The topological polar surface area (TPSA) is 60.1 Å². The van der Waals surface area contributed by atoms with Gasteiger partial charge < -0.3 is 14.0 Å². The normalized spacial score (nSPS) is 13.7. The Hall–Kier alpha value is -4.27. The Labute approximate surface area is 239 Å². The second-order valence-electron chi connectivity index (χ2n) is 10.3. The number of nitriles is 1. The molecule has 0 aliphatic heterocycles. The van der Waals surface area contributed by atoms with Crippen molar-refractivity contribution in [3.05, 3.63) is 101 Å². The molecule has 0 atom stereocenters. The maximum Gasteiger partial charge on any atom is 0.141 e. The fraction of sp³-hybridized carbons (Fsp3) is 0.235. The molecule has 4 aromatic carbocycles. The number of rotatable bonds is 7. The summed E-state index contributed by atoms with van der Waals surface area (Å²) in [6.07, 6.45) is 6.05. The maximum atomic E-state index is 9.41. The van der Waals surface area contributed by atoms with Gasteiger partial charge in [-0.3, -0.25) is 0 Å². The van der Waals surface area contributed by atoms with Crippen LogP contribution in [0.4, 0.5) is 0 Å². The van der Waals surface area contributed by atoms with Gasteiger partial charge in [0.2, 0.25) is 0 Å². The van der Waals surface area contributed by atoms with Crippen molar-refractivity contribution >= 4 is 22.6 Å². The molecule has 1 fully saturated rings. The van der Waals surface area contributed by atoms with Crippen molar-refractivity contribution in [2.24, 2.45) is 0 Å². The smallest absolute Gasteiger partial charge is 0.141 e. The number of aromatic nitrogens is 2. The van der Waals surface area contributed by atoms with Crippen molar-refractivity contribution in [2.45, 2.75) is 44.8 Å². The third-order valence-electron chi connectivity index (χ3n) is 7.73. The lowest BCUT2D eigenvalue weighted by Crippen LogP contribution is -2.14. The molecule has 5 aromatic rings. The zero-order valence-electron chi connectivity index (χ0n) is 22.4. The predicted molar refractivity (Wildman–Crippen MR) is 160 cm³/mol. The zero-order valence-corrected chi connectivity index (χ0v) is 23.2. The lowest BCUT2D eigenvalue weighted by molar-refractivity contribution is 0.306. The highest BCUT2D eigenvalue weighted by molar-refractivity contribution is 6.30. The third-order valence-corrected chi connectivity index (χ3v) is 7.98. The number of methoxy groups -OCH3 is 1. The van der Waals surface area contributed by atoms with E-state index in [-0.39, 0.29) is 0 Å². The summed E-state index contributed by atoms with van der Waals surface area (Å²) in [5.41, 5.74) is 6.80. The number of hydrogen-bond donors (Lipinski definition) is 0. The van der Waals surface area contributed by atoms with Crippen LogP contribution in [-0.2, 0) is 6.61 Å². The van der Waals surface area contributed by atoms with Gasteiger partial charge in [0.25, 0.3) is 0 Å². The standard InChI is InChI=1S/C34H30ClN3O2/c1-39-30-16-17-31(24-8-12-27(35)13-9-24)26(20-30)22-40-29-14-10-25(11-15-29)34-37-32-19-23(21-36)7-18-33(32)38(34)28-5-3-2-4-6-28/h7-20,28H,2-6,22H2,1H3. The number of benzene rings is 4. The summed E-state index contributed by atoms with van der Waals surface area (Å²) in [4.78, 5) is 5.01. The number of ether oxygens (including phenoxy) is 2. The molecule has 1 aromatic heterocycles. The molecule has 6 heteroatoms. The minimum absolute atomic E-state index is 0.395. The highest BCUT2D eigenvalue weighted by Crippen LogP contribution is 2.37. The van der Waals surface area contributed by atoms with Crippen LogP contribution >= 0.6 is 11.6 Å². The van der Waals surface area contributed by atoms with E-state index in [1.165, 1.54) is 19.3 Å². The first kappa shape index (κ1) is 26.0. The summed E-state index contributed by atoms with van der Waals surface area (Å²) < 4.78 is 14.1. The molecule has 0 radical (unpaired) electrons. The van der Waals surface area contributed by atoms with Crippen LogP contribution in [0.25, 0.3) is 33.5 Å². The van der Waals surface area contributed by atoms with Crippen molar-refractivity contribution in [3.8, 4) is 40.1 Å². The second-order valence-corrected chi connectivity index (χ2v) is 10.7. The van der Waals surface area contributed by atoms with Crippen LogP contribution in [0.2, 0.25) is 5.02 Å². The van der Waals surface area contributed by atoms with E-state index in [4.69, 9.17) is 26.1 Å². The molecule has 1 heterocycles. The molecule has 1 saturated carbocycles. The van der Waals surface area contributed by atoms with Crippen LogP contribution < -0.4 is 9.47 Å². The largest absolute Gasteiger partial charge is 0.497 e. The molecule has 6 rings (SSSR count). The van der Waals surface area contributed by atoms with E-state index in [2.05, 4.69) is 28.8 Å². The van der Waals surface area contributed by atoms with Crippen LogP contribution in [0.3, 0.4) is 0 Å². The van der Waals surface area contributed by atoms with Gasteiger partial charge in [0.15, 0.2) is 0 Å². The van der Waals surface area contributed by atoms with Crippen LogP contribution in [0.15, 0.2) is 84.9 Å². The summed E-state index contributed by atoms with van der Waals surface area (Å²) >= 11 is 6.11. The lowest BCUT2D eigenvalue weighted by Gasteiger charge is -2.25. The van der Waals surface area contributed by atoms with Gasteiger partial charge in [-0.1, -0.05) is 49.1 Å². The Morgan fingerprint density at radius 1 is 0.875 bits per heavy atom. The summed E-state index contributed by atoms with van der Waals surface area (Å²) in [5.74, 6) is 2.51. The van der Waals surface area contributed by atoms with Gasteiger partial charge in [-0.05, 0) is 90.7 Å². The van der Waals surface area contributed by atoms with E-state index in [1.807, 2.05) is 66.7 Å². The van der Waals surface area contributed by atoms with Crippen LogP contribution in [0.5, 0.6) is 11.5 Å². The molecule has 40 heavy (non-hydrogen) atoms. The first-order valence-electron chi connectivity index (χ1n) is 13.7. The van der Waals surface area contributed by atoms with Gasteiger partial charge in [-0.25, -0.2) is 4.98 Å². The first-order chi connectivity index (χ1) is 19.6. The highest BCUT2D eigenvalue weighted by Gasteiger charge is 2.22. The molecule has 0 spiro atoms. The van der Waals surface area contributed by atoms with E-state index < -0.39 is 0 Å². The number of fused-ring (bicyclic) bond motifs is 1. The fourth-order valence-corrected chi connectivity index (χ4v) is 5.80. The molecule has 0 saturated heterocycles. The summed E-state index contributed by atoms with van der Waals surface area (Å²) in [6, 6.07) is 30.5. The fourth-order valence-electron chi connectivity index (χ4n) is 5.67. The summed E-state index contributed by atoms with van der Waals surface area (Å²) in [5, 5.41) is 10.1. The van der Waals surface area contributed by atoms with Gasteiger partial charge in [0.1, 0.15) is 23.9 Å². The monoisotopic (exact) mass is 547 g/mol. The minimum atomic E-state index is 0.395. The van der Waals surface area contributed by atoms with Crippen molar-refractivity contribution in [1.82, 2.24) is 9.55 Å². The van der Waals surface area contributed by atoms with Crippen molar-refractivity contribution in [1.29, 1.82) is 5.26 Å². The molecule has 0 bridgehead atoms. The Bertz CT molecular complexity index is 1680. The molecule has 0 N–H and O–H groups in total. The number of nitrogens with zero attached hydrogens (tertiary/aromatic N) is 3.